The number of aromatic nitrogens is 1. The molecule has 2 atom stereocenters. The van der Waals surface area contributed by atoms with Crippen molar-refractivity contribution < 1.29 is 9.00 Å². The highest BCUT2D eigenvalue weighted by Crippen LogP contribution is 2.08. The fraction of sp³-hybridized carbons (Fsp3) is 0.167. The lowest BCUT2D eigenvalue weighted by molar-refractivity contribution is -0.122. The van der Waals surface area contributed by atoms with Gasteiger partial charge in [-0.1, -0.05) is 48.5 Å². The normalized spacial score (nSPS) is 12.4. The Kier molecular flexibility index (Phi) is 8.47. The molecular formula is C24H26N6O3S. The molecule has 0 aliphatic heterocycles. The molecule has 176 valence electrons. The van der Waals surface area contributed by atoms with Crippen LogP contribution in [0.5, 0.6) is 0 Å². The third-order valence-corrected chi connectivity index (χ3v) is 5.98. The fourth-order valence-corrected chi connectivity index (χ4v) is 4.27. The minimum Gasteiger partial charge on any atom is -0.384 e. The largest absolute Gasteiger partial charge is 0.384 e. The van der Waals surface area contributed by atoms with Crippen LogP contribution in [0, 0.1) is 10.8 Å². The first-order valence-corrected chi connectivity index (χ1v) is 11.8. The van der Waals surface area contributed by atoms with E-state index >= 15 is 0 Å². The maximum absolute atomic E-state index is 12.7. The molecule has 1 aromatic heterocycles. The van der Waals surface area contributed by atoms with Crippen molar-refractivity contribution in [1.82, 2.24) is 9.88 Å². The molecule has 1 heterocycles. The van der Waals surface area contributed by atoms with Crippen LogP contribution in [0.4, 0.5) is 5.69 Å². The van der Waals surface area contributed by atoms with Gasteiger partial charge in [-0.3, -0.25) is 19.7 Å². The van der Waals surface area contributed by atoms with E-state index in [4.69, 9.17) is 16.6 Å². The Labute approximate surface area is 199 Å². The van der Waals surface area contributed by atoms with E-state index in [1.54, 1.807) is 24.3 Å². The summed E-state index contributed by atoms with van der Waals surface area (Å²) in [5.74, 6) is -0.266. The molecule has 0 saturated carbocycles. The predicted octanol–water partition coefficient (Wildman–Crippen LogP) is 1.79. The summed E-state index contributed by atoms with van der Waals surface area (Å²) in [6.45, 7) is -0.252. The molecule has 34 heavy (non-hydrogen) atoms. The van der Waals surface area contributed by atoms with E-state index in [1.165, 1.54) is 16.8 Å². The summed E-state index contributed by atoms with van der Waals surface area (Å²) < 4.78 is 16.3. The molecule has 2 aromatic carbocycles. The highest BCUT2D eigenvalue weighted by molar-refractivity contribution is 7.85. The van der Waals surface area contributed by atoms with Gasteiger partial charge in [0, 0.05) is 18.0 Å². The number of hydrogen-bond donors (Lipinski definition) is 5. The van der Waals surface area contributed by atoms with Crippen LogP contribution in [0.15, 0.2) is 77.7 Å². The smallest absolute Gasteiger partial charge is 0.275 e. The Hall–Kier alpha value is -4.05. The minimum atomic E-state index is -1.51. The van der Waals surface area contributed by atoms with Gasteiger partial charge < -0.3 is 21.0 Å². The van der Waals surface area contributed by atoms with Crippen molar-refractivity contribution in [3.05, 3.63) is 100.0 Å². The number of carbonyl (C=O) groups is 1. The zero-order valence-corrected chi connectivity index (χ0v) is 19.2. The van der Waals surface area contributed by atoms with E-state index in [0.717, 1.165) is 17.3 Å². The van der Waals surface area contributed by atoms with Crippen LogP contribution in [0.2, 0.25) is 0 Å². The zero-order chi connectivity index (χ0) is 24.5. The van der Waals surface area contributed by atoms with Crippen molar-refractivity contribution >= 4 is 34.6 Å². The van der Waals surface area contributed by atoms with Crippen LogP contribution in [-0.4, -0.2) is 32.8 Å². The summed E-state index contributed by atoms with van der Waals surface area (Å²) in [4.78, 5) is 25.3. The number of pyridine rings is 1. The monoisotopic (exact) mass is 478 g/mol. The molecule has 10 heteroatoms. The van der Waals surface area contributed by atoms with Crippen molar-refractivity contribution in [3.63, 3.8) is 0 Å². The van der Waals surface area contributed by atoms with Crippen LogP contribution in [0.3, 0.4) is 0 Å². The summed E-state index contributed by atoms with van der Waals surface area (Å²) in [7, 11) is -1.51. The number of carbonyl (C=O) groups excluding carboxylic acids is 1. The lowest BCUT2D eigenvalue weighted by atomic mass is 10.0. The topological polar surface area (TPSA) is 154 Å². The number of nitrogens with one attached hydrogen (secondary N) is 4. The highest BCUT2D eigenvalue weighted by atomic mass is 32.2. The average Bonchev–Trinajstić information content (AvgIpc) is 2.82. The molecule has 6 N–H and O–H groups in total. The van der Waals surface area contributed by atoms with Gasteiger partial charge in [0.2, 0.25) is 5.91 Å². The standard InChI is InChI=1S/C24H26N6O3S/c25-14-20(13-18-8-4-9-19(12-18)23(26)27)28-22(31)15-30-11-5-10-21(24(30)32)29-34(33)16-17-6-2-1-3-7-17/h1-12,14,20,25,29H,13,15-16H2,(H3,26,27)(H,28,31). The van der Waals surface area contributed by atoms with Crippen molar-refractivity contribution in [2.45, 2.75) is 24.8 Å². The summed E-state index contributed by atoms with van der Waals surface area (Å²) >= 11 is 0. The maximum atomic E-state index is 12.7. The minimum absolute atomic E-state index is 0.0603. The second-order valence-corrected chi connectivity index (χ2v) is 8.78. The maximum Gasteiger partial charge on any atom is 0.275 e. The van der Waals surface area contributed by atoms with E-state index in [9.17, 15) is 13.8 Å². The molecule has 0 bridgehead atoms. The fourth-order valence-electron chi connectivity index (χ4n) is 3.30. The van der Waals surface area contributed by atoms with E-state index in [1.807, 2.05) is 36.4 Å². The van der Waals surface area contributed by atoms with Gasteiger partial charge in [0.05, 0.1) is 11.8 Å². The average molecular weight is 479 g/mol. The molecular weight excluding hydrogens is 452 g/mol. The van der Waals surface area contributed by atoms with Crippen molar-refractivity contribution in [3.8, 4) is 0 Å². The van der Waals surface area contributed by atoms with Gasteiger partial charge >= 0.3 is 0 Å². The molecule has 0 aliphatic rings. The molecule has 2 unspecified atom stereocenters. The first kappa shape index (κ1) is 24.6. The Morgan fingerprint density at radius 2 is 1.82 bits per heavy atom. The lowest BCUT2D eigenvalue weighted by Crippen LogP contribution is -2.41. The molecule has 0 spiro atoms. The van der Waals surface area contributed by atoms with Crippen LogP contribution < -0.4 is 21.3 Å². The first-order chi connectivity index (χ1) is 16.4. The number of amidine groups is 1. The predicted molar refractivity (Wildman–Crippen MR) is 134 cm³/mol. The summed E-state index contributed by atoms with van der Waals surface area (Å²) in [5, 5.41) is 17.9. The number of benzene rings is 2. The molecule has 0 radical (unpaired) electrons. The molecule has 3 aromatic rings. The van der Waals surface area contributed by atoms with E-state index in [0.29, 0.717) is 12.0 Å². The van der Waals surface area contributed by atoms with Gasteiger partial charge in [-0.2, -0.15) is 0 Å². The quantitative estimate of drug-likeness (QED) is 0.210. The molecule has 1 amide bonds. The molecule has 9 nitrogen and oxygen atoms in total. The first-order valence-electron chi connectivity index (χ1n) is 10.5. The number of nitrogens with two attached hydrogens (primary N) is 1. The Balaban J connectivity index is 1.62. The van der Waals surface area contributed by atoms with Crippen molar-refractivity contribution in [2.24, 2.45) is 5.73 Å². The van der Waals surface area contributed by atoms with Crippen LogP contribution in [0.25, 0.3) is 0 Å². The third-order valence-electron chi connectivity index (χ3n) is 4.94. The van der Waals surface area contributed by atoms with Crippen molar-refractivity contribution in [1.29, 1.82) is 10.8 Å². The van der Waals surface area contributed by atoms with E-state index in [-0.39, 0.29) is 23.8 Å². The van der Waals surface area contributed by atoms with Gasteiger partial charge in [-0.25, -0.2) is 4.21 Å². The van der Waals surface area contributed by atoms with Gasteiger partial charge in [-0.05, 0) is 35.7 Å². The number of hydrogen-bond acceptors (Lipinski definition) is 5. The van der Waals surface area contributed by atoms with Crippen LogP contribution in [0.1, 0.15) is 16.7 Å². The van der Waals surface area contributed by atoms with E-state index in [2.05, 4.69) is 10.0 Å². The van der Waals surface area contributed by atoms with Gasteiger partial charge in [0.25, 0.3) is 5.56 Å². The van der Waals surface area contributed by atoms with Crippen LogP contribution >= 0.6 is 0 Å². The molecule has 0 saturated heterocycles. The zero-order valence-electron chi connectivity index (χ0n) is 18.4. The van der Waals surface area contributed by atoms with Gasteiger partial charge in [0.15, 0.2) is 0 Å². The van der Waals surface area contributed by atoms with Gasteiger partial charge in [0.1, 0.15) is 29.1 Å². The molecule has 0 aliphatic carbocycles. The van der Waals surface area contributed by atoms with Gasteiger partial charge in [-0.15, -0.1) is 0 Å². The second kappa shape index (κ2) is 11.7. The number of amides is 1. The molecule has 3 rings (SSSR count). The third kappa shape index (κ3) is 6.97. The summed E-state index contributed by atoms with van der Waals surface area (Å²) in [6.07, 6.45) is 2.93. The van der Waals surface area contributed by atoms with E-state index < -0.39 is 28.5 Å². The summed E-state index contributed by atoms with van der Waals surface area (Å²) in [6, 6.07) is 18.8. The van der Waals surface area contributed by atoms with Crippen LogP contribution in [-0.2, 0) is 34.5 Å². The molecule has 0 fully saturated rings. The van der Waals surface area contributed by atoms with Crippen molar-refractivity contribution in [2.75, 3.05) is 4.72 Å². The Morgan fingerprint density at radius 1 is 1.09 bits per heavy atom. The number of nitrogens with zero attached hydrogens (tertiary/aromatic N) is 1. The number of anilines is 1. The summed E-state index contributed by atoms with van der Waals surface area (Å²) in [5.41, 5.74) is 7.43. The Morgan fingerprint density at radius 3 is 2.53 bits per heavy atom. The SMILES string of the molecule is N=CC(Cc1cccc(C(=N)N)c1)NC(=O)Cn1cccc(NS(=O)Cc2ccccc2)c1=O. The second-order valence-electron chi connectivity index (χ2n) is 7.59. The number of nitrogen functional groups attached to an aromatic ring is 1. The lowest BCUT2D eigenvalue weighted by Gasteiger charge is -2.16. The Bertz CT molecular complexity index is 1260. The number of rotatable bonds is 11. The highest BCUT2D eigenvalue weighted by Gasteiger charge is 2.14.